The first-order chi connectivity index (χ1) is 11.4. The predicted molar refractivity (Wildman–Crippen MR) is 94.9 cm³/mol. The molecule has 126 valence electrons. The van der Waals surface area contributed by atoms with Gasteiger partial charge in [0, 0.05) is 6.54 Å². The number of rotatable bonds is 6. The topological polar surface area (TPSA) is 113 Å². The van der Waals surface area contributed by atoms with Crippen LogP contribution in [0.25, 0.3) is 11.1 Å². The van der Waals surface area contributed by atoms with Crippen LogP contribution < -0.4 is 22.3 Å². The zero-order valence-electron chi connectivity index (χ0n) is 12.5. The first kappa shape index (κ1) is 17.9. The van der Waals surface area contributed by atoms with Gasteiger partial charge < -0.3 is 21.6 Å². The molecule has 0 heterocycles. The summed E-state index contributed by atoms with van der Waals surface area (Å²) in [5, 5.41) is 12.7. The van der Waals surface area contributed by atoms with E-state index < -0.39 is 5.97 Å². The molecule has 0 atom stereocenters. The third-order valence-electron chi connectivity index (χ3n) is 3.29. The van der Waals surface area contributed by atoms with Crippen LogP contribution in [0.5, 0.6) is 0 Å². The van der Waals surface area contributed by atoms with Gasteiger partial charge in [0.2, 0.25) is 0 Å². The average Bonchev–Trinajstić information content (AvgIpc) is 2.56. The zero-order valence-corrected chi connectivity index (χ0v) is 14.0. The van der Waals surface area contributed by atoms with Gasteiger partial charge in [-0.05, 0) is 34.9 Å². The molecule has 0 aliphatic rings. The maximum atomic E-state index is 10.9. The number of hydrogen-bond donors (Lipinski definition) is 5. The Bertz CT molecular complexity index is 793. The predicted octanol–water partition coefficient (Wildman–Crippen LogP) is 2.43. The fraction of sp³-hybridized carbons (Fsp3) is 0.0625. The van der Waals surface area contributed by atoms with Crippen molar-refractivity contribution in [1.82, 2.24) is 10.7 Å². The Morgan fingerprint density at radius 1 is 1.08 bits per heavy atom. The van der Waals surface area contributed by atoms with Crippen molar-refractivity contribution in [2.45, 2.75) is 6.54 Å². The molecule has 2 aromatic carbocycles. The first-order valence-corrected chi connectivity index (χ1v) is 7.66. The van der Waals surface area contributed by atoms with E-state index in [-0.39, 0.29) is 11.5 Å². The standard InChI is InChI=1S/C16H16Cl2N4O2/c17-12-5-4-11(7-13(12)18)10-3-1-2-9(6-10)8-21-15(19)14(22-20)16(23)24/h1-7,21-22H,8,19-20H2,(H,23,24)/b15-14+. The van der Waals surface area contributed by atoms with E-state index >= 15 is 0 Å². The SMILES string of the molecule is NN/C(C(=O)O)=C(\N)NCc1cccc(-c2ccc(Cl)c(Cl)c2)c1. The quantitative estimate of drug-likeness (QED) is 0.304. The molecule has 0 saturated carbocycles. The second-order valence-corrected chi connectivity index (χ2v) is 5.74. The lowest BCUT2D eigenvalue weighted by atomic mass is 10.0. The van der Waals surface area contributed by atoms with E-state index in [9.17, 15) is 4.79 Å². The second kappa shape index (κ2) is 7.92. The number of nitrogens with one attached hydrogen (secondary N) is 2. The van der Waals surface area contributed by atoms with Crippen LogP contribution >= 0.6 is 23.2 Å². The number of hydrazine groups is 1. The molecule has 0 bridgehead atoms. The molecular formula is C16H16Cl2N4O2. The zero-order chi connectivity index (χ0) is 17.7. The van der Waals surface area contributed by atoms with Crippen LogP contribution in [-0.4, -0.2) is 11.1 Å². The van der Waals surface area contributed by atoms with Crippen LogP contribution in [0.4, 0.5) is 0 Å². The second-order valence-electron chi connectivity index (χ2n) is 4.92. The largest absolute Gasteiger partial charge is 0.476 e. The van der Waals surface area contributed by atoms with E-state index in [1.54, 1.807) is 12.1 Å². The molecule has 0 unspecified atom stereocenters. The van der Waals surface area contributed by atoms with Gasteiger partial charge in [-0.3, -0.25) is 5.84 Å². The summed E-state index contributed by atoms with van der Waals surface area (Å²) in [6, 6.07) is 13.0. The number of halogens is 2. The van der Waals surface area contributed by atoms with Gasteiger partial charge in [-0.25, -0.2) is 4.79 Å². The highest BCUT2D eigenvalue weighted by atomic mass is 35.5. The molecule has 0 radical (unpaired) electrons. The van der Waals surface area contributed by atoms with Gasteiger partial charge in [0.1, 0.15) is 5.82 Å². The minimum absolute atomic E-state index is 0.0510. The molecule has 2 aromatic rings. The van der Waals surface area contributed by atoms with Gasteiger partial charge >= 0.3 is 5.97 Å². The average molecular weight is 367 g/mol. The Morgan fingerprint density at radius 3 is 2.42 bits per heavy atom. The lowest BCUT2D eigenvalue weighted by Gasteiger charge is -2.11. The van der Waals surface area contributed by atoms with E-state index in [1.807, 2.05) is 30.3 Å². The molecule has 0 spiro atoms. The van der Waals surface area contributed by atoms with E-state index in [4.69, 9.17) is 39.9 Å². The van der Waals surface area contributed by atoms with E-state index in [2.05, 4.69) is 10.7 Å². The molecule has 0 saturated heterocycles. The maximum Gasteiger partial charge on any atom is 0.357 e. The normalized spacial score (nSPS) is 11.6. The highest BCUT2D eigenvalue weighted by Crippen LogP contribution is 2.28. The smallest absolute Gasteiger partial charge is 0.357 e. The van der Waals surface area contributed by atoms with Crippen molar-refractivity contribution in [2.24, 2.45) is 11.6 Å². The highest BCUT2D eigenvalue weighted by molar-refractivity contribution is 6.42. The van der Waals surface area contributed by atoms with Gasteiger partial charge in [-0.15, -0.1) is 0 Å². The van der Waals surface area contributed by atoms with Crippen LogP contribution in [0.15, 0.2) is 54.0 Å². The molecule has 0 aliphatic carbocycles. The number of benzene rings is 2. The van der Waals surface area contributed by atoms with Crippen LogP contribution in [0, 0.1) is 0 Å². The van der Waals surface area contributed by atoms with E-state index in [0.29, 0.717) is 16.6 Å². The maximum absolute atomic E-state index is 10.9. The number of carboxylic acids is 1. The molecule has 2 rings (SSSR count). The van der Waals surface area contributed by atoms with E-state index in [0.717, 1.165) is 16.7 Å². The molecule has 0 amide bonds. The Labute approximate surface area is 149 Å². The van der Waals surface area contributed by atoms with Gasteiger partial charge in [0.15, 0.2) is 5.70 Å². The number of aliphatic carboxylic acids is 1. The van der Waals surface area contributed by atoms with Crippen molar-refractivity contribution in [1.29, 1.82) is 0 Å². The molecule has 0 fully saturated rings. The minimum atomic E-state index is -1.24. The third kappa shape index (κ3) is 4.32. The Kier molecular flexibility index (Phi) is 5.92. The highest BCUT2D eigenvalue weighted by Gasteiger charge is 2.10. The number of hydrogen-bond acceptors (Lipinski definition) is 5. The first-order valence-electron chi connectivity index (χ1n) is 6.90. The summed E-state index contributed by atoms with van der Waals surface area (Å²) in [6.07, 6.45) is 0. The summed E-state index contributed by atoms with van der Waals surface area (Å²) in [5.74, 6) is 3.84. The summed E-state index contributed by atoms with van der Waals surface area (Å²) < 4.78 is 0. The van der Waals surface area contributed by atoms with Crippen LogP contribution in [-0.2, 0) is 11.3 Å². The van der Waals surface area contributed by atoms with Crippen molar-refractivity contribution in [3.63, 3.8) is 0 Å². The molecule has 7 N–H and O–H groups in total. The summed E-state index contributed by atoms with van der Waals surface area (Å²) >= 11 is 12.0. The number of carbonyl (C=O) groups is 1. The van der Waals surface area contributed by atoms with Crippen molar-refractivity contribution >= 4 is 29.2 Å². The minimum Gasteiger partial charge on any atom is -0.476 e. The van der Waals surface area contributed by atoms with Gasteiger partial charge in [-0.2, -0.15) is 0 Å². The Morgan fingerprint density at radius 2 is 1.79 bits per heavy atom. The Hall–Kier alpha value is -2.41. The molecule has 0 aliphatic heterocycles. The summed E-state index contributed by atoms with van der Waals surface area (Å²) in [6.45, 7) is 0.333. The monoisotopic (exact) mass is 366 g/mol. The molecule has 8 heteroatoms. The molecule has 24 heavy (non-hydrogen) atoms. The third-order valence-corrected chi connectivity index (χ3v) is 4.03. The molecular weight excluding hydrogens is 351 g/mol. The lowest BCUT2D eigenvalue weighted by molar-refractivity contribution is -0.133. The fourth-order valence-electron chi connectivity index (χ4n) is 2.08. The van der Waals surface area contributed by atoms with Gasteiger partial charge in [0.05, 0.1) is 10.0 Å². The van der Waals surface area contributed by atoms with Crippen LogP contribution in [0.3, 0.4) is 0 Å². The van der Waals surface area contributed by atoms with Crippen LogP contribution in [0.1, 0.15) is 5.56 Å². The summed E-state index contributed by atoms with van der Waals surface area (Å²) in [7, 11) is 0. The van der Waals surface area contributed by atoms with Crippen LogP contribution in [0.2, 0.25) is 10.0 Å². The number of carboxylic acid groups (broad SMARTS) is 1. The number of nitrogens with two attached hydrogens (primary N) is 2. The summed E-state index contributed by atoms with van der Waals surface area (Å²) in [5.41, 5.74) is 10.2. The fourth-order valence-corrected chi connectivity index (χ4v) is 2.38. The lowest BCUT2D eigenvalue weighted by Crippen LogP contribution is -2.34. The van der Waals surface area contributed by atoms with Gasteiger partial charge in [-0.1, -0.05) is 47.5 Å². The van der Waals surface area contributed by atoms with Crippen molar-refractivity contribution < 1.29 is 9.90 Å². The van der Waals surface area contributed by atoms with Crippen molar-refractivity contribution in [2.75, 3.05) is 0 Å². The Balaban J connectivity index is 2.19. The summed E-state index contributed by atoms with van der Waals surface area (Å²) in [4.78, 5) is 10.9. The van der Waals surface area contributed by atoms with Crippen molar-refractivity contribution in [3.05, 3.63) is 69.6 Å². The molecule has 6 nitrogen and oxygen atoms in total. The van der Waals surface area contributed by atoms with E-state index in [1.165, 1.54) is 0 Å². The molecule has 0 aromatic heterocycles. The van der Waals surface area contributed by atoms with Gasteiger partial charge in [0.25, 0.3) is 0 Å². The van der Waals surface area contributed by atoms with Crippen molar-refractivity contribution in [3.8, 4) is 11.1 Å².